The first-order valence-corrected chi connectivity index (χ1v) is 5.42. The highest BCUT2D eigenvalue weighted by Gasteiger charge is 2.09. The zero-order chi connectivity index (χ0) is 10.6. The van der Waals surface area contributed by atoms with Gasteiger partial charge in [0.1, 0.15) is 5.82 Å². The Bertz CT molecular complexity index is 317. The van der Waals surface area contributed by atoms with E-state index in [9.17, 15) is 13.2 Å². The highest BCUT2D eigenvalue weighted by molar-refractivity contribution is 7.98. The molecule has 1 nitrogen and oxygen atoms in total. The van der Waals surface area contributed by atoms with Crippen LogP contribution in [0.3, 0.4) is 0 Å². The summed E-state index contributed by atoms with van der Waals surface area (Å²) >= 11 is 1.56. The maximum atomic E-state index is 13.0. The van der Waals surface area contributed by atoms with E-state index in [4.69, 9.17) is 0 Å². The number of nitrogens with one attached hydrogen (secondary N) is 1. The second-order valence-corrected chi connectivity index (χ2v) is 3.65. The van der Waals surface area contributed by atoms with Gasteiger partial charge in [0.05, 0.1) is 5.69 Å². The van der Waals surface area contributed by atoms with E-state index < -0.39 is 17.5 Å². The van der Waals surface area contributed by atoms with Crippen molar-refractivity contribution >= 4 is 17.4 Å². The van der Waals surface area contributed by atoms with E-state index >= 15 is 0 Å². The molecule has 0 aliphatic heterocycles. The highest BCUT2D eigenvalue weighted by atomic mass is 32.2. The first-order chi connectivity index (χ1) is 6.65. The molecule has 0 unspecified atom stereocenters. The maximum Gasteiger partial charge on any atom is 0.182 e. The summed E-state index contributed by atoms with van der Waals surface area (Å²) in [6.07, 6.45) is 1.89. The molecule has 0 aromatic heterocycles. The average Bonchev–Trinajstić information content (AvgIpc) is 2.13. The lowest BCUT2D eigenvalue weighted by atomic mass is 10.3. The molecule has 1 rings (SSSR count). The normalized spacial score (nSPS) is 10.3. The quantitative estimate of drug-likeness (QED) is 0.619. The van der Waals surface area contributed by atoms with Crippen molar-refractivity contribution in [3.05, 3.63) is 29.6 Å². The van der Waals surface area contributed by atoms with E-state index in [0.29, 0.717) is 12.6 Å². The minimum absolute atomic E-state index is 0.128. The molecule has 78 valence electrons. The van der Waals surface area contributed by atoms with Gasteiger partial charge in [0.15, 0.2) is 11.6 Å². The largest absolute Gasteiger partial charge is 0.382 e. The summed E-state index contributed by atoms with van der Waals surface area (Å²) in [5.41, 5.74) is -0.128. The fourth-order valence-electron chi connectivity index (χ4n) is 0.972. The first kappa shape index (κ1) is 11.2. The molecule has 1 aromatic rings. The molecule has 14 heavy (non-hydrogen) atoms. The maximum absolute atomic E-state index is 13.0. The minimum Gasteiger partial charge on any atom is -0.382 e. The van der Waals surface area contributed by atoms with Gasteiger partial charge in [-0.1, -0.05) is 0 Å². The minimum atomic E-state index is -1.17. The third kappa shape index (κ3) is 2.83. The molecule has 1 aromatic carbocycles. The molecule has 0 heterocycles. The third-order valence-electron chi connectivity index (χ3n) is 1.61. The van der Waals surface area contributed by atoms with Crippen LogP contribution in [0.5, 0.6) is 0 Å². The number of rotatable bonds is 4. The van der Waals surface area contributed by atoms with Crippen molar-refractivity contribution in [2.45, 2.75) is 0 Å². The summed E-state index contributed by atoms with van der Waals surface area (Å²) in [6.45, 7) is 0.473. The Morgan fingerprint density at radius 3 is 2.64 bits per heavy atom. The second kappa shape index (κ2) is 5.14. The first-order valence-electron chi connectivity index (χ1n) is 4.02. The summed E-state index contributed by atoms with van der Waals surface area (Å²) in [4.78, 5) is 0. The Labute approximate surface area is 84.7 Å². The van der Waals surface area contributed by atoms with Crippen LogP contribution in [0.25, 0.3) is 0 Å². The molecule has 0 saturated heterocycles. The summed E-state index contributed by atoms with van der Waals surface area (Å²) in [5, 5.41) is 2.62. The van der Waals surface area contributed by atoms with Gasteiger partial charge >= 0.3 is 0 Å². The van der Waals surface area contributed by atoms with Crippen molar-refractivity contribution < 1.29 is 13.2 Å². The molecule has 0 atom stereocenters. The van der Waals surface area contributed by atoms with Crippen LogP contribution in [-0.2, 0) is 0 Å². The molecule has 5 heteroatoms. The lowest BCUT2D eigenvalue weighted by molar-refractivity contribution is 0.497. The molecule has 0 bridgehead atoms. The Hall–Kier alpha value is -0.840. The van der Waals surface area contributed by atoms with E-state index in [1.165, 1.54) is 0 Å². The number of halogens is 3. The molecule has 0 radical (unpaired) electrons. The van der Waals surface area contributed by atoms with E-state index in [1.54, 1.807) is 11.8 Å². The molecular formula is C9H10F3NS. The van der Waals surface area contributed by atoms with Crippen LogP contribution < -0.4 is 5.32 Å². The van der Waals surface area contributed by atoms with Gasteiger partial charge in [-0.25, -0.2) is 13.2 Å². The van der Waals surface area contributed by atoms with Gasteiger partial charge in [-0.2, -0.15) is 11.8 Å². The molecule has 0 aliphatic carbocycles. The Morgan fingerprint density at radius 1 is 1.29 bits per heavy atom. The van der Waals surface area contributed by atoms with Crippen molar-refractivity contribution in [1.82, 2.24) is 0 Å². The smallest absolute Gasteiger partial charge is 0.182 e. The van der Waals surface area contributed by atoms with Gasteiger partial charge in [0.2, 0.25) is 0 Å². The van der Waals surface area contributed by atoms with Crippen molar-refractivity contribution in [1.29, 1.82) is 0 Å². The number of thioether (sulfide) groups is 1. The zero-order valence-corrected chi connectivity index (χ0v) is 8.43. The number of anilines is 1. The lowest BCUT2D eigenvalue weighted by Crippen LogP contribution is -2.06. The average molecular weight is 221 g/mol. The molecule has 1 N–H and O–H groups in total. The summed E-state index contributed by atoms with van der Waals surface area (Å²) < 4.78 is 38.4. The molecule has 0 spiro atoms. The van der Waals surface area contributed by atoms with Crippen LogP contribution in [0.2, 0.25) is 0 Å². The number of hydrogen-bond acceptors (Lipinski definition) is 2. The fraction of sp³-hybridized carbons (Fsp3) is 0.333. The van der Waals surface area contributed by atoms with Gasteiger partial charge in [0.25, 0.3) is 0 Å². The molecule has 0 fully saturated rings. The second-order valence-electron chi connectivity index (χ2n) is 2.67. The zero-order valence-electron chi connectivity index (χ0n) is 7.61. The molecule has 0 aliphatic rings. The van der Waals surface area contributed by atoms with Gasteiger partial charge in [-0.3, -0.25) is 0 Å². The monoisotopic (exact) mass is 221 g/mol. The van der Waals surface area contributed by atoms with Crippen LogP contribution in [0.4, 0.5) is 18.9 Å². The van der Waals surface area contributed by atoms with E-state index in [-0.39, 0.29) is 5.69 Å². The Kier molecular flexibility index (Phi) is 4.13. The van der Waals surface area contributed by atoms with Gasteiger partial charge in [0, 0.05) is 24.4 Å². The number of benzene rings is 1. The summed E-state index contributed by atoms with van der Waals surface area (Å²) in [7, 11) is 0. The topological polar surface area (TPSA) is 12.0 Å². The van der Waals surface area contributed by atoms with Crippen LogP contribution in [0.1, 0.15) is 0 Å². The standard InChI is InChI=1S/C9H10F3NS/c1-14-3-2-13-8-5-6(10)4-7(11)9(8)12/h4-5,13H,2-3H2,1H3. The Balaban J connectivity index is 2.75. The predicted molar refractivity (Wildman–Crippen MR) is 53.2 cm³/mol. The van der Waals surface area contributed by atoms with Crippen LogP contribution in [0, 0.1) is 17.5 Å². The van der Waals surface area contributed by atoms with Crippen LogP contribution in [0.15, 0.2) is 12.1 Å². The van der Waals surface area contributed by atoms with Crippen molar-refractivity contribution in [2.75, 3.05) is 23.9 Å². The van der Waals surface area contributed by atoms with E-state index in [1.807, 2.05) is 6.26 Å². The summed E-state index contributed by atoms with van der Waals surface area (Å²) in [5.74, 6) is -2.24. The van der Waals surface area contributed by atoms with Gasteiger partial charge < -0.3 is 5.32 Å². The lowest BCUT2D eigenvalue weighted by Gasteiger charge is -2.07. The Morgan fingerprint density at radius 2 is 2.00 bits per heavy atom. The van der Waals surface area contributed by atoms with Crippen LogP contribution in [-0.4, -0.2) is 18.6 Å². The van der Waals surface area contributed by atoms with Gasteiger partial charge in [-0.15, -0.1) is 0 Å². The predicted octanol–water partition coefficient (Wildman–Crippen LogP) is 2.88. The fourth-order valence-corrected chi connectivity index (χ4v) is 1.28. The highest BCUT2D eigenvalue weighted by Crippen LogP contribution is 2.18. The van der Waals surface area contributed by atoms with Crippen LogP contribution >= 0.6 is 11.8 Å². The molecule has 0 amide bonds. The van der Waals surface area contributed by atoms with Gasteiger partial charge in [-0.05, 0) is 6.26 Å². The number of hydrogen-bond donors (Lipinski definition) is 1. The van der Waals surface area contributed by atoms with Crippen molar-refractivity contribution in [3.8, 4) is 0 Å². The molecule has 0 saturated carbocycles. The molecular weight excluding hydrogens is 211 g/mol. The van der Waals surface area contributed by atoms with Crippen molar-refractivity contribution in [2.24, 2.45) is 0 Å². The van der Waals surface area contributed by atoms with Crippen molar-refractivity contribution in [3.63, 3.8) is 0 Å². The SMILES string of the molecule is CSCCNc1cc(F)cc(F)c1F. The van der Waals surface area contributed by atoms with E-state index in [2.05, 4.69) is 5.32 Å². The summed E-state index contributed by atoms with van der Waals surface area (Å²) in [6, 6.07) is 1.47. The third-order valence-corrected chi connectivity index (χ3v) is 2.23. The van der Waals surface area contributed by atoms with E-state index in [0.717, 1.165) is 11.8 Å².